The maximum absolute atomic E-state index is 12.2. The van der Waals surface area contributed by atoms with Crippen molar-refractivity contribution in [3.8, 4) is 0 Å². The highest BCUT2D eigenvalue weighted by atomic mass is 127. The monoisotopic (exact) mass is 373 g/mol. The van der Waals surface area contributed by atoms with E-state index in [0.29, 0.717) is 18.4 Å². The molecule has 1 aliphatic rings. The van der Waals surface area contributed by atoms with E-state index in [2.05, 4.69) is 27.9 Å². The number of carboxylic acid groups (broad SMARTS) is 1. The highest BCUT2D eigenvalue weighted by molar-refractivity contribution is 14.1. The molecular weight excluding hydrogens is 357 g/mol. The van der Waals surface area contributed by atoms with Crippen molar-refractivity contribution in [2.45, 2.75) is 32.2 Å². The Morgan fingerprint density at radius 3 is 2.74 bits per heavy atom. The van der Waals surface area contributed by atoms with E-state index in [1.54, 1.807) is 0 Å². The Morgan fingerprint density at radius 1 is 1.37 bits per heavy atom. The fourth-order valence-electron chi connectivity index (χ4n) is 2.41. The van der Waals surface area contributed by atoms with Gasteiger partial charge in [0.2, 0.25) is 0 Å². The summed E-state index contributed by atoms with van der Waals surface area (Å²) in [6, 6.07) is 5.72. The summed E-state index contributed by atoms with van der Waals surface area (Å²) in [5.74, 6) is -1.19. The Labute approximate surface area is 125 Å². The normalized spacial score (nSPS) is 22.2. The van der Waals surface area contributed by atoms with Crippen LogP contribution in [0.4, 0.5) is 0 Å². The van der Waals surface area contributed by atoms with Crippen molar-refractivity contribution in [3.05, 3.63) is 32.9 Å². The Kier molecular flexibility index (Phi) is 4.44. The van der Waals surface area contributed by atoms with Gasteiger partial charge in [0, 0.05) is 9.61 Å². The number of aryl methyl sites for hydroxylation is 1. The van der Waals surface area contributed by atoms with Crippen LogP contribution in [-0.2, 0) is 4.79 Å². The molecule has 1 aliphatic carbocycles. The SMILES string of the molecule is Cc1ccc(I)c(C(=O)N[C@H]2CC[C@@H](C(=O)O)C2)c1. The Balaban J connectivity index is 2.02. The molecule has 2 N–H and O–H groups in total. The molecule has 0 radical (unpaired) electrons. The average Bonchev–Trinajstić information content (AvgIpc) is 2.80. The first kappa shape index (κ1) is 14.3. The van der Waals surface area contributed by atoms with Crippen LogP contribution in [0, 0.1) is 16.4 Å². The molecule has 19 heavy (non-hydrogen) atoms. The first-order valence-corrected chi connectivity index (χ1v) is 7.35. The first-order chi connectivity index (χ1) is 8.97. The molecule has 1 aromatic carbocycles. The van der Waals surface area contributed by atoms with E-state index in [1.807, 2.05) is 25.1 Å². The second kappa shape index (κ2) is 5.90. The van der Waals surface area contributed by atoms with Gasteiger partial charge in [-0.25, -0.2) is 0 Å². The first-order valence-electron chi connectivity index (χ1n) is 6.27. The molecule has 2 rings (SSSR count). The number of benzene rings is 1. The average molecular weight is 373 g/mol. The lowest BCUT2D eigenvalue weighted by Crippen LogP contribution is -2.33. The Morgan fingerprint density at radius 2 is 2.11 bits per heavy atom. The van der Waals surface area contributed by atoms with Crippen LogP contribution in [0.25, 0.3) is 0 Å². The number of aliphatic carboxylic acids is 1. The van der Waals surface area contributed by atoms with Gasteiger partial charge in [-0.2, -0.15) is 0 Å². The number of carbonyl (C=O) groups is 2. The number of halogens is 1. The molecule has 0 aromatic heterocycles. The van der Waals surface area contributed by atoms with E-state index in [4.69, 9.17) is 5.11 Å². The number of carboxylic acids is 1. The van der Waals surface area contributed by atoms with Crippen molar-refractivity contribution in [1.82, 2.24) is 5.32 Å². The molecule has 0 aliphatic heterocycles. The summed E-state index contributed by atoms with van der Waals surface area (Å²) in [6.45, 7) is 1.95. The molecule has 5 heteroatoms. The lowest BCUT2D eigenvalue weighted by atomic mass is 10.1. The van der Waals surface area contributed by atoms with Gasteiger partial charge in [-0.15, -0.1) is 0 Å². The summed E-state index contributed by atoms with van der Waals surface area (Å²) in [6.07, 6.45) is 1.92. The quantitative estimate of drug-likeness (QED) is 0.801. The molecule has 0 saturated heterocycles. The Hall–Kier alpha value is -1.11. The molecule has 102 valence electrons. The standard InChI is InChI=1S/C14H16INO3/c1-8-2-5-12(15)11(6-8)13(17)16-10-4-3-9(7-10)14(18)19/h2,5-6,9-10H,3-4,7H2,1H3,(H,16,17)(H,18,19)/t9-,10+/m1/s1. The number of amides is 1. The number of hydrogen-bond donors (Lipinski definition) is 2. The molecule has 1 amide bonds. The molecule has 1 aromatic rings. The molecule has 0 unspecified atom stereocenters. The van der Waals surface area contributed by atoms with Gasteiger partial charge in [-0.1, -0.05) is 11.6 Å². The van der Waals surface area contributed by atoms with E-state index in [1.165, 1.54) is 0 Å². The number of nitrogens with one attached hydrogen (secondary N) is 1. The van der Waals surface area contributed by atoms with Crippen LogP contribution >= 0.6 is 22.6 Å². The van der Waals surface area contributed by atoms with Gasteiger partial charge in [0.1, 0.15) is 0 Å². The van der Waals surface area contributed by atoms with Gasteiger partial charge < -0.3 is 10.4 Å². The predicted molar refractivity (Wildman–Crippen MR) is 80.1 cm³/mol. The molecule has 0 spiro atoms. The summed E-state index contributed by atoms with van der Waals surface area (Å²) in [5, 5.41) is 11.9. The number of carbonyl (C=O) groups excluding carboxylic acids is 1. The van der Waals surface area contributed by atoms with Gasteiger partial charge in [-0.3, -0.25) is 9.59 Å². The second-order valence-corrected chi connectivity index (χ2v) is 6.16. The highest BCUT2D eigenvalue weighted by Gasteiger charge is 2.30. The zero-order valence-electron chi connectivity index (χ0n) is 10.6. The van der Waals surface area contributed by atoms with Crippen LogP contribution in [0.2, 0.25) is 0 Å². The minimum atomic E-state index is -0.762. The van der Waals surface area contributed by atoms with Crippen LogP contribution in [0.5, 0.6) is 0 Å². The summed E-state index contributed by atoms with van der Waals surface area (Å²) in [5.41, 5.74) is 1.71. The summed E-state index contributed by atoms with van der Waals surface area (Å²) >= 11 is 2.14. The van der Waals surface area contributed by atoms with Crippen molar-refractivity contribution in [2.75, 3.05) is 0 Å². The molecule has 0 heterocycles. The Bertz CT molecular complexity index is 515. The van der Waals surface area contributed by atoms with Crippen LogP contribution in [-0.4, -0.2) is 23.0 Å². The number of hydrogen-bond acceptors (Lipinski definition) is 2. The van der Waals surface area contributed by atoms with E-state index in [0.717, 1.165) is 15.6 Å². The fourth-order valence-corrected chi connectivity index (χ4v) is 2.99. The van der Waals surface area contributed by atoms with E-state index in [-0.39, 0.29) is 17.9 Å². The van der Waals surface area contributed by atoms with Gasteiger partial charge in [0.25, 0.3) is 5.91 Å². The maximum atomic E-state index is 12.2. The topological polar surface area (TPSA) is 66.4 Å². The van der Waals surface area contributed by atoms with E-state index >= 15 is 0 Å². The summed E-state index contributed by atoms with van der Waals surface area (Å²) < 4.78 is 0.911. The van der Waals surface area contributed by atoms with Crippen LogP contribution < -0.4 is 5.32 Å². The lowest BCUT2D eigenvalue weighted by molar-refractivity contribution is -0.141. The molecule has 1 saturated carbocycles. The second-order valence-electron chi connectivity index (χ2n) is 5.00. The number of rotatable bonds is 3. The zero-order valence-corrected chi connectivity index (χ0v) is 12.8. The van der Waals surface area contributed by atoms with E-state index < -0.39 is 5.97 Å². The van der Waals surface area contributed by atoms with Crippen molar-refractivity contribution >= 4 is 34.5 Å². The largest absolute Gasteiger partial charge is 0.481 e. The molecule has 0 bridgehead atoms. The van der Waals surface area contributed by atoms with Crippen molar-refractivity contribution in [3.63, 3.8) is 0 Å². The molecule has 2 atom stereocenters. The van der Waals surface area contributed by atoms with Gasteiger partial charge in [0.15, 0.2) is 0 Å². The van der Waals surface area contributed by atoms with Gasteiger partial charge >= 0.3 is 5.97 Å². The minimum Gasteiger partial charge on any atom is -0.481 e. The summed E-state index contributed by atoms with van der Waals surface area (Å²) in [4.78, 5) is 23.1. The smallest absolute Gasteiger partial charge is 0.306 e. The van der Waals surface area contributed by atoms with Crippen molar-refractivity contribution in [1.29, 1.82) is 0 Å². The van der Waals surface area contributed by atoms with Gasteiger partial charge in [-0.05, 0) is 60.9 Å². The lowest BCUT2D eigenvalue weighted by Gasteiger charge is -2.13. The van der Waals surface area contributed by atoms with E-state index in [9.17, 15) is 9.59 Å². The van der Waals surface area contributed by atoms with Crippen LogP contribution in [0.1, 0.15) is 35.2 Å². The van der Waals surface area contributed by atoms with Crippen molar-refractivity contribution < 1.29 is 14.7 Å². The van der Waals surface area contributed by atoms with Crippen LogP contribution in [0.15, 0.2) is 18.2 Å². The maximum Gasteiger partial charge on any atom is 0.306 e. The van der Waals surface area contributed by atoms with Gasteiger partial charge in [0.05, 0.1) is 11.5 Å². The fraction of sp³-hybridized carbons (Fsp3) is 0.429. The highest BCUT2D eigenvalue weighted by Crippen LogP contribution is 2.26. The third kappa shape index (κ3) is 3.46. The van der Waals surface area contributed by atoms with Crippen molar-refractivity contribution in [2.24, 2.45) is 5.92 Å². The predicted octanol–water partition coefficient (Wildman–Crippen LogP) is 2.58. The van der Waals surface area contributed by atoms with Crippen LogP contribution in [0.3, 0.4) is 0 Å². The molecule has 1 fully saturated rings. The minimum absolute atomic E-state index is 0.0232. The zero-order chi connectivity index (χ0) is 14.0. The molecular formula is C14H16INO3. The third-order valence-electron chi connectivity index (χ3n) is 3.48. The summed E-state index contributed by atoms with van der Waals surface area (Å²) in [7, 11) is 0. The third-order valence-corrected chi connectivity index (χ3v) is 4.42. The molecule has 4 nitrogen and oxygen atoms in total.